The summed E-state index contributed by atoms with van der Waals surface area (Å²) in [5.74, 6) is 0.784. The van der Waals surface area contributed by atoms with Crippen LogP contribution >= 0.6 is 0 Å². The summed E-state index contributed by atoms with van der Waals surface area (Å²) in [6, 6.07) is 22.5. The summed E-state index contributed by atoms with van der Waals surface area (Å²) in [4.78, 5) is 33.2. The van der Waals surface area contributed by atoms with Gasteiger partial charge < -0.3 is 15.6 Å². The summed E-state index contributed by atoms with van der Waals surface area (Å²) in [5.41, 5.74) is 4.69. The number of hydrogen-bond donors (Lipinski definition) is 3. The Hall–Kier alpha value is -3.93. The molecule has 3 N–H and O–H groups in total. The quantitative estimate of drug-likeness (QED) is 0.307. The van der Waals surface area contributed by atoms with Crippen LogP contribution in [0.5, 0.6) is 0 Å². The van der Waals surface area contributed by atoms with Gasteiger partial charge in [-0.1, -0.05) is 56.0 Å². The zero-order valence-corrected chi connectivity index (χ0v) is 19.0. The molecular weight excluding hydrogens is 424 g/mol. The SMILES string of the molecule is O=C(Nc1ccccc1)c1ccc(-c2nc3ccc(NC(=O)C4CCCCCC4)cc3[nH]2)cc1. The van der Waals surface area contributed by atoms with E-state index in [1.54, 1.807) is 12.1 Å². The number of imidazole rings is 1. The van der Waals surface area contributed by atoms with Gasteiger partial charge in [0.05, 0.1) is 11.0 Å². The van der Waals surface area contributed by atoms with Crippen LogP contribution in [0.1, 0.15) is 48.9 Å². The molecular formula is C28H28N4O2. The Balaban J connectivity index is 1.28. The molecule has 1 aromatic heterocycles. The highest BCUT2D eigenvalue weighted by Crippen LogP contribution is 2.26. The highest BCUT2D eigenvalue weighted by Gasteiger charge is 2.20. The number of anilines is 2. The monoisotopic (exact) mass is 452 g/mol. The van der Waals surface area contributed by atoms with Crippen LogP contribution in [0.25, 0.3) is 22.4 Å². The van der Waals surface area contributed by atoms with Gasteiger partial charge in [0, 0.05) is 28.4 Å². The van der Waals surface area contributed by atoms with Gasteiger partial charge in [-0.15, -0.1) is 0 Å². The molecule has 0 aliphatic heterocycles. The molecule has 0 saturated heterocycles. The van der Waals surface area contributed by atoms with Crippen LogP contribution in [0, 0.1) is 5.92 Å². The van der Waals surface area contributed by atoms with Crippen molar-refractivity contribution in [3.8, 4) is 11.4 Å². The average molecular weight is 453 g/mol. The minimum atomic E-state index is -0.156. The Kier molecular flexibility index (Phi) is 6.38. The van der Waals surface area contributed by atoms with Crippen LogP contribution < -0.4 is 10.6 Å². The number of fused-ring (bicyclic) bond motifs is 1. The minimum absolute atomic E-state index is 0.105. The summed E-state index contributed by atoms with van der Waals surface area (Å²) >= 11 is 0. The van der Waals surface area contributed by atoms with E-state index in [1.165, 1.54) is 12.8 Å². The number of nitrogens with zero attached hydrogens (tertiary/aromatic N) is 1. The first-order valence-corrected chi connectivity index (χ1v) is 11.9. The summed E-state index contributed by atoms with van der Waals surface area (Å²) in [5, 5.41) is 5.98. The molecule has 172 valence electrons. The molecule has 0 spiro atoms. The van der Waals surface area contributed by atoms with Gasteiger partial charge in [-0.3, -0.25) is 9.59 Å². The largest absolute Gasteiger partial charge is 0.338 e. The number of amides is 2. The second-order valence-electron chi connectivity index (χ2n) is 8.89. The third-order valence-electron chi connectivity index (χ3n) is 6.43. The van der Waals surface area contributed by atoms with Gasteiger partial charge >= 0.3 is 0 Å². The van der Waals surface area contributed by atoms with Crippen LogP contribution in [0.2, 0.25) is 0 Å². The lowest BCUT2D eigenvalue weighted by atomic mass is 9.99. The summed E-state index contributed by atoms with van der Waals surface area (Å²) in [6.07, 6.45) is 6.67. The van der Waals surface area contributed by atoms with Gasteiger partial charge in [0.1, 0.15) is 5.82 Å². The number of aromatic amines is 1. The molecule has 0 atom stereocenters. The lowest BCUT2D eigenvalue weighted by molar-refractivity contribution is -0.120. The number of hydrogen-bond acceptors (Lipinski definition) is 3. The Morgan fingerprint density at radius 3 is 2.26 bits per heavy atom. The van der Waals surface area contributed by atoms with Gasteiger partial charge in [-0.25, -0.2) is 4.98 Å². The molecule has 0 radical (unpaired) electrons. The first kappa shape index (κ1) is 21.9. The third-order valence-corrected chi connectivity index (χ3v) is 6.43. The van der Waals surface area contributed by atoms with Crippen molar-refractivity contribution in [3.63, 3.8) is 0 Å². The van der Waals surface area contributed by atoms with E-state index in [1.807, 2.05) is 60.7 Å². The summed E-state index contributed by atoms with van der Waals surface area (Å²) in [7, 11) is 0. The lowest BCUT2D eigenvalue weighted by Crippen LogP contribution is -2.22. The molecule has 3 aromatic carbocycles. The fraction of sp³-hybridized carbons (Fsp3) is 0.250. The van der Waals surface area contributed by atoms with Gasteiger partial charge in [0.2, 0.25) is 5.91 Å². The van der Waals surface area contributed by atoms with Gasteiger partial charge in [-0.2, -0.15) is 0 Å². The zero-order chi connectivity index (χ0) is 23.3. The fourth-order valence-corrected chi connectivity index (χ4v) is 4.51. The standard InChI is InChI=1S/C28H28N4O2/c33-27(20-8-4-1-2-5-9-20)30-23-16-17-24-25(18-23)32-26(31-24)19-12-14-21(15-13-19)28(34)29-22-10-6-3-7-11-22/h3,6-7,10-18,20H,1-2,4-5,8-9H2,(H,29,34)(H,30,33)(H,31,32). The lowest BCUT2D eigenvalue weighted by Gasteiger charge is -2.14. The van der Waals surface area contributed by atoms with E-state index in [9.17, 15) is 9.59 Å². The van der Waals surface area contributed by atoms with E-state index in [2.05, 4.69) is 20.6 Å². The molecule has 4 aromatic rings. The van der Waals surface area contributed by atoms with Gasteiger partial charge in [0.15, 0.2) is 0 Å². The van der Waals surface area contributed by atoms with Gasteiger partial charge in [0.25, 0.3) is 5.91 Å². The molecule has 1 heterocycles. The van der Waals surface area contributed by atoms with Crippen LogP contribution in [0.3, 0.4) is 0 Å². The molecule has 5 rings (SSSR count). The molecule has 0 bridgehead atoms. The molecule has 6 heteroatoms. The molecule has 0 unspecified atom stereocenters. The van der Waals surface area contributed by atoms with Crippen molar-refractivity contribution in [3.05, 3.63) is 78.4 Å². The average Bonchev–Trinajstić information content (AvgIpc) is 3.09. The number of nitrogens with one attached hydrogen (secondary N) is 3. The van der Waals surface area contributed by atoms with E-state index in [0.29, 0.717) is 5.56 Å². The maximum atomic E-state index is 12.7. The topological polar surface area (TPSA) is 86.9 Å². The molecule has 2 amide bonds. The molecule has 1 aliphatic rings. The second kappa shape index (κ2) is 9.91. The van der Waals surface area contributed by atoms with E-state index < -0.39 is 0 Å². The molecule has 6 nitrogen and oxygen atoms in total. The van der Waals surface area contributed by atoms with Crippen LogP contribution in [-0.4, -0.2) is 21.8 Å². The zero-order valence-electron chi connectivity index (χ0n) is 19.0. The maximum Gasteiger partial charge on any atom is 0.255 e. The summed E-state index contributed by atoms with van der Waals surface area (Å²) in [6.45, 7) is 0. The molecule has 1 fully saturated rings. The van der Waals surface area contributed by atoms with Crippen molar-refractivity contribution < 1.29 is 9.59 Å². The second-order valence-corrected chi connectivity index (χ2v) is 8.89. The number of aromatic nitrogens is 2. The Morgan fingerprint density at radius 2 is 1.53 bits per heavy atom. The highest BCUT2D eigenvalue weighted by atomic mass is 16.2. The summed E-state index contributed by atoms with van der Waals surface area (Å²) < 4.78 is 0. The predicted molar refractivity (Wildman–Crippen MR) is 136 cm³/mol. The van der Waals surface area contributed by atoms with E-state index >= 15 is 0 Å². The first-order chi connectivity index (χ1) is 16.7. The molecule has 34 heavy (non-hydrogen) atoms. The van der Waals surface area contributed by atoms with Crippen molar-refractivity contribution in [1.29, 1.82) is 0 Å². The van der Waals surface area contributed by atoms with E-state index in [4.69, 9.17) is 0 Å². The minimum Gasteiger partial charge on any atom is -0.338 e. The van der Waals surface area contributed by atoms with Crippen molar-refractivity contribution in [2.45, 2.75) is 38.5 Å². The molecule has 1 saturated carbocycles. The van der Waals surface area contributed by atoms with Crippen LogP contribution in [0.15, 0.2) is 72.8 Å². The van der Waals surface area contributed by atoms with Gasteiger partial charge in [-0.05, 0) is 55.3 Å². The number of carbonyl (C=O) groups is 2. The third kappa shape index (κ3) is 5.01. The number of rotatable bonds is 5. The van der Waals surface area contributed by atoms with Crippen molar-refractivity contribution in [2.75, 3.05) is 10.6 Å². The number of para-hydroxylation sites is 1. The normalized spacial score (nSPS) is 14.5. The number of H-pyrrole nitrogens is 1. The van der Waals surface area contributed by atoms with Crippen molar-refractivity contribution in [2.24, 2.45) is 5.92 Å². The number of carbonyl (C=O) groups excluding carboxylic acids is 2. The molecule has 1 aliphatic carbocycles. The number of benzene rings is 3. The smallest absolute Gasteiger partial charge is 0.255 e. The van der Waals surface area contributed by atoms with Crippen LogP contribution in [0.4, 0.5) is 11.4 Å². The predicted octanol–water partition coefficient (Wildman–Crippen LogP) is 6.39. The van der Waals surface area contributed by atoms with E-state index in [0.717, 1.165) is 59.5 Å². The Morgan fingerprint density at radius 1 is 0.794 bits per heavy atom. The van der Waals surface area contributed by atoms with Crippen LogP contribution in [-0.2, 0) is 4.79 Å². The maximum absolute atomic E-state index is 12.7. The first-order valence-electron chi connectivity index (χ1n) is 11.9. The Bertz CT molecular complexity index is 1290. The highest BCUT2D eigenvalue weighted by molar-refractivity contribution is 6.04. The van der Waals surface area contributed by atoms with Crippen molar-refractivity contribution in [1.82, 2.24) is 9.97 Å². The van der Waals surface area contributed by atoms with E-state index in [-0.39, 0.29) is 17.7 Å². The van der Waals surface area contributed by atoms with Crippen molar-refractivity contribution >= 4 is 34.2 Å². The fourth-order valence-electron chi connectivity index (χ4n) is 4.51. The Labute approximate surface area is 198 Å².